The Morgan fingerprint density at radius 3 is 3.00 bits per heavy atom. The van der Waals surface area contributed by atoms with Crippen molar-refractivity contribution in [1.82, 2.24) is 9.38 Å². The molecular weight excluding hydrogens is 226 g/mol. The summed E-state index contributed by atoms with van der Waals surface area (Å²) < 4.78 is 1.94. The Morgan fingerprint density at radius 2 is 2.22 bits per heavy atom. The summed E-state index contributed by atoms with van der Waals surface area (Å²) in [5, 5.41) is 3.02. The minimum atomic E-state index is 0.140. The SMILES string of the molecule is Cc1cn2cccc(NC(=O)C3CCCC3)c2n1. The van der Waals surface area contributed by atoms with Crippen LogP contribution in [-0.2, 0) is 4.79 Å². The van der Waals surface area contributed by atoms with E-state index in [4.69, 9.17) is 0 Å². The lowest BCUT2D eigenvalue weighted by Crippen LogP contribution is -2.20. The molecule has 0 aliphatic heterocycles. The Morgan fingerprint density at radius 1 is 1.44 bits per heavy atom. The van der Waals surface area contributed by atoms with Crippen LogP contribution >= 0.6 is 0 Å². The molecule has 2 aromatic heterocycles. The number of nitrogens with zero attached hydrogens (tertiary/aromatic N) is 2. The fourth-order valence-corrected chi connectivity index (χ4v) is 2.66. The van der Waals surface area contributed by atoms with Gasteiger partial charge in [-0.2, -0.15) is 0 Å². The normalized spacial score (nSPS) is 16.3. The number of aryl methyl sites for hydroxylation is 1. The van der Waals surface area contributed by atoms with Crippen molar-refractivity contribution in [2.75, 3.05) is 5.32 Å². The molecule has 3 rings (SSSR count). The van der Waals surface area contributed by atoms with Gasteiger partial charge in [0.25, 0.3) is 0 Å². The largest absolute Gasteiger partial charge is 0.323 e. The van der Waals surface area contributed by atoms with E-state index in [-0.39, 0.29) is 11.8 Å². The predicted molar refractivity (Wildman–Crippen MR) is 70.5 cm³/mol. The number of carbonyl (C=O) groups is 1. The highest BCUT2D eigenvalue weighted by Crippen LogP contribution is 2.26. The maximum Gasteiger partial charge on any atom is 0.227 e. The number of fused-ring (bicyclic) bond motifs is 1. The van der Waals surface area contributed by atoms with Crippen molar-refractivity contribution in [3.63, 3.8) is 0 Å². The van der Waals surface area contributed by atoms with Gasteiger partial charge in [0, 0.05) is 18.3 Å². The monoisotopic (exact) mass is 243 g/mol. The van der Waals surface area contributed by atoms with Crippen molar-refractivity contribution in [3.8, 4) is 0 Å². The summed E-state index contributed by atoms with van der Waals surface area (Å²) in [6.45, 7) is 1.95. The molecule has 0 bridgehead atoms. The van der Waals surface area contributed by atoms with Crippen LogP contribution in [0.5, 0.6) is 0 Å². The maximum atomic E-state index is 12.1. The Kier molecular flexibility index (Phi) is 2.78. The second kappa shape index (κ2) is 4.44. The number of pyridine rings is 1. The highest BCUT2D eigenvalue weighted by molar-refractivity contribution is 5.95. The van der Waals surface area contributed by atoms with Crippen LogP contribution in [0.3, 0.4) is 0 Å². The fourth-order valence-electron chi connectivity index (χ4n) is 2.66. The minimum absolute atomic E-state index is 0.140. The molecule has 18 heavy (non-hydrogen) atoms. The molecule has 1 saturated carbocycles. The molecule has 0 radical (unpaired) electrons. The second-order valence-corrected chi connectivity index (χ2v) is 5.01. The number of carbonyl (C=O) groups excluding carboxylic acids is 1. The summed E-state index contributed by atoms with van der Waals surface area (Å²) >= 11 is 0. The molecule has 0 aromatic carbocycles. The summed E-state index contributed by atoms with van der Waals surface area (Å²) in [5.41, 5.74) is 2.58. The van der Waals surface area contributed by atoms with Crippen LogP contribution < -0.4 is 5.32 Å². The molecule has 1 aliphatic rings. The van der Waals surface area contributed by atoms with Gasteiger partial charge in [0.2, 0.25) is 5.91 Å². The van der Waals surface area contributed by atoms with Gasteiger partial charge in [-0.3, -0.25) is 4.79 Å². The molecule has 0 atom stereocenters. The third-order valence-electron chi connectivity index (χ3n) is 3.59. The molecule has 94 valence electrons. The molecule has 1 aliphatic carbocycles. The molecule has 4 heteroatoms. The molecule has 0 saturated heterocycles. The van der Waals surface area contributed by atoms with Crippen LogP contribution in [0.2, 0.25) is 0 Å². The van der Waals surface area contributed by atoms with E-state index in [9.17, 15) is 4.79 Å². The van der Waals surface area contributed by atoms with Gasteiger partial charge in [0.15, 0.2) is 5.65 Å². The predicted octanol–water partition coefficient (Wildman–Crippen LogP) is 2.77. The Bertz CT molecular complexity index is 582. The zero-order valence-corrected chi connectivity index (χ0v) is 10.5. The van der Waals surface area contributed by atoms with Crippen LogP contribution in [0.15, 0.2) is 24.5 Å². The summed E-state index contributed by atoms with van der Waals surface area (Å²) in [7, 11) is 0. The summed E-state index contributed by atoms with van der Waals surface area (Å²) in [6, 6.07) is 3.84. The third kappa shape index (κ3) is 1.98. The van der Waals surface area contributed by atoms with E-state index in [0.717, 1.165) is 29.9 Å². The number of nitrogens with one attached hydrogen (secondary N) is 1. The van der Waals surface area contributed by atoms with Gasteiger partial charge in [-0.15, -0.1) is 0 Å². The lowest BCUT2D eigenvalue weighted by molar-refractivity contribution is -0.119. The molecule has 1 fully saturated rings. The first-order chi connectivity index (χ1) is 8.74. The number of hydrogen-bond donors (Lipinski definition) is 1. The highest BCUT2D eigenvalue weighted by Gasteiger charge is 2.23. The number of imidazole rings is 1. The van der Waals surface area contributed by atoms with Crippen molar-refractivity contribution in [2.24, 2.45) is 5.92 Å². The van der Waals surface area contributed by atoms with Crippen molar-refractivity contribution < 1.29 is 4.79 Å². The standard InChI is InChI=1S/C14H17N3O/c1-10-9-17-8-4-7-12(13(17)15-10)16-14(18)11-5-2-3-6-11/h4,7-9,11H,2-3,5-6H2,1H3,(H,16,18). The molecule has 0 unspecified atom stereocenters. The van der Waals surface area contributed by atoms with Crippen molar-refractivity contribution in [1.29, 1.82) is 0 Å². The first-order valence-electron chi connectivity index (χ1n) is 6.49. The van der Waals surface area contributed by atoms with Gasteiger partial charge < -0.3 is 9.72 Å². The highest BCUT2D eigenvalue weighted by atomic mass is 16.1. The van der Waals surface area contributed by atoms with Crippen molar-refractivity contribution in [2.45, 2.75) is 32.6 Å². The molecule has 4 nitrogen and oxygen atoms in total. The van der Waals surface area contributed by atoms with Gasteiger partial charge in [-0.25, -0.2) is 4.98 Å². The maximum absolute atomic E-state index is 12.1. The van der Waals surface area contributed by atoms with E-state index >= 15 is 0 Å². The van der Waals surface area contributed by atoms with Crippen LogP contribution in [0.4, 0.5) is 5.69 Å². The number of hydrogen-bond acceptors (Lipinski definition) is 2. The summed E-state index contributed by atoms with van der Waals surface area (Å²) in [5.74, 6) is 0.322. The zero-order chi connectivity index (χ0) is 12.5. The number of anilines is 1. The van der Waals surface area contributed by atoms with E-state index in [1.54, 1.807) is 0 Å². The van der Waals surface area contributed by atoms with Crippen LogP contribution in [0, 0.1) is 12.8 Å². The molecular formula is C14H17N3O. The summed E-state index contributed by atoms with van der Waals surface area (Å²) in [6.07, 6.45) is 8.28. The first-order valence-corrected chi connectivity index (χ1v) is 6.49. The van der Waals surface area contributed by atoms with Gasteiger partial charge in [0.1, 0.15) is 0 Å². The molecule has 0 spiro atoms. The van der Waals surface area contributed by atoms with Crippen LogP contribution in [-0.4, -0.2) is 15.3 Å². The van der Waals surface area contributed by atoms with E-state index < -0.39 is 0 Å². The lowest BCUT2D eigenvalue weighted by Gasteiger charge is -2.10. The van der Waals surface area contributed by atoms with Crippen LogP contribution in [0.25, 0.3) is 5.65 Å². The molecule has 1 amide bonds. The Hall–Kier alpha value is -1.84. The number of amides is 1. The van der Waals surface area contributed by atoms with Gasteiger partial charge >= 0.3 is 0 Å². The molecule has 2 aromatic rings. The number of rotatable bonds is 2. The third-order valence-corrected chi connectivity index (χ3v) is 3.59. The van der Waals surface area contributed by atoms with Crippen molar-refractivity contribution in [3.05, 3.63) is 30.2 Å². The topological polar surface area (TPSA) is 46.4 Å². The van der Waals surface area contributed by atoms with E-state index in [2.05, 4.69) is 10.3 Å². The van der Waals surface area contributed by atoms with Gasteiger partial charge in [0.05, 0.1) is 11.4 Å². The average molecular weight is 243 g/mol. The first kappa shape index (κ1) is 11.3. The average Bonchev–Trinajstić information content (AvgIpc) is 2.96. The van der Waals surface area contributed by atoms with Crippen LogP contribution in [0.1, 0.15) is 31.4 Å². The molecule has 2 heterocycles. The Labute approximate surface area is 106 Å². The molecule has 1 N–H and O–H groups in total. The Balaban J connectivity index is 1.87. The second-order valence-electron chi connectivity index (χ2n) is 5.01. The number of aromatic nitrogens is 2. The van der Waals surface area contributed by atoms with E-state index in [0.29, 0.717) is 0 Å². The smallest absolute Gasteiger partial charge is 0.227 e. The van der Waals surface area contributed by atoms with E-state index in [1.807, 2.05) is 35.9 Å². The minimum Gasteiger partial charge on any atom is -0.323 e. The summed E-state index contributed by atoms with van der Waals surface area (Å²) in [4.78, 5) is 16.6. The zero-order valence-electron chi connectivity index (χ0n) is 10.5. The lowest BCUT2D eigenvalue weighted by atomic mass is 10.1. The quantitative estimate of drug-likeness (QED) is 0.881. The fraction of sp³-hybridized carbons (Fsp3) is 0.429. The van der Waals surface area contributed by atoms with E-state index in [1.165, 1.54) is 12.8 Å². The van der Waals surface area contributed by atoms with Crippen molar-refractivity contribution >= 4 is 17.2 Å². The van der Waals surface area contributed by atoms with Gasteiger partial charge in [-0.05, 0) is 31.9 Å². The van der Waals surface area contributed by atoms with Gasteiger partial charge in [-0.1, -0.05) is 12.8 Å².